The minimum Gasteiger partial charge on any atom is -0.465 e. The van der Waals surface area contributed by atoms with Crippen molar-refractivity contribution < 1.29 is 19.1 Å². The minimum absolute atomic E-state index is 0.168. The number of hydrogen-bond acceptors (Lipinski definition) is 4. The van der Waals surface area contributed by atoms with Gasteiger partial charge in [-0.3, -0.25) is 9.59 Å². The van der Waals surface area contributed by atoms with E-state index >= 15 is 0 Å². The largest absolute Gasteiger partial charge is 0.465 e. The molecule has 6 heteroatoms. The maximum atomic E-state index is 13.9. The average Bonchev–Trinajstić information content (AvgIpc) is 3.10. The number of para-hydroxylation sites is 1. The highest BCUT2D eigenvalue weighted by atomic mass is 35.5. The van der Waals surface area contributed by atoms with Gasteiger partial charge in [0.15, 0.2) is 0 Å². The molecule has 5 nitrogen and oxygen atoms in total. The number of alkyl halides is 1. The van der Waals surface area contributed by atoms with Crippen molar-refractivity contribution in [3.8, 4) is 0 Å². The van der Waals surface area contributed by atoms with Gasteiger partial charge < -0.3 is 4.74 Å². The summed E-state index contributed by atoms with van der Waals surface area (Å²) in [5.74, 6) is -3.02. The standard InChI is InChI=1S/C26H18ClNO4/c1-32-25(31)16-10-4-7-13-19(16)28-23(29)21-20-14-8-2-5-11-17(14)26(27,22(21)24(28)30)18-12-6-3-9-15(18)20/h2-13,20-22H,1H3/t20?,21-,22-,26?/m0/s1. The van der Waals surface area contributed by atoms with Crippen molar-refractivity contribution in [3.05, 3.63) is 101 Å². The Bertz CT molecular complexity index is 1290. The molecule has 1 saturated heterocycles. The molecule has 1 fully saturated rings. The lowest BCUT2D eigenvalue weighted by Crippen LogP contribution is -2.50. The van der Waals surface area contributed by atoms with E-state index in [1.165, 1.54) is 7.11 Å². The number of imide groups is 1. The van der Waals surface area contributed by atoms with E-state index in [0.29, 0.717) is 0 Å². The van der Waals surface area contributed by atoms with Crippen LogP contribution < -0.4 is 4.90 Å². The molecule has 2 bridgehead atoms. The molecule has 0 saturated carbocycles. The van der Waals surface area contributed by atoms with Gasteiger partial charge in [-0.15, -0.1) is 11.6 Å². The Hall–Kier alpha value is -3.44. The Morgan fingerprint density at radius 1 is 0.875 bits per heavy atom. The molecule has 1 heterocycles. The maximum absolute atomic E-state index is 13.9. The third kappa shape index (κ3) is 2.16. The molecule has 4 aliphatic rings. The second-order valence-electron chi connectivity index (χ2n) is 8.39. The minimum atomic E-state index is -1.16. The lowest BCUT2D eigenvalue weighted by molar-refractivity contribution is -0.122. The van der Waals surface area contributed by atoms with Crippen molar-refractivity contribution in [2.45, 2.75) is 10.8 Å². The zero-order chi connectivity index (χ0) is 22.2. The molecule has 0 aromatic heterocycles. The summed E-state index contributed by atoms with van der Waals surface area (Å²) in [5, 5.41) is 0. The normalized spacial score (nSPS) is 27.1. The number of benzene rings is 3. The lowest BCUT2D eigenvalue weighted by Gasteiger charge is -2.50. The number of rotatable bonds is 2. The van der Waals surface area contributed by atoms with Crippen molar-refractivity contribution in [2.24, 2.45) is 11.8 Å². The number of halogens is 1. The van der Waals surface area contributed by atoms with Crippen LogP contribution in [0.3, 0.4) is 0 Å². The van der Waals surface area contributed by atoms with Gasteiger partial charge in [0.1, 0.15) is 4.87 Å². The number of anilines is 1. The number of amides is 2. The second kappa shape index (κ2) is 6.53. The molecule has 3 aromatic rings. The van der Waals surface area contributed by atoms with E-state index in [9.17, 15) is 14.4 Å². The van der Waals surface area contributed by atoms with Crippen molar-refractivity contribution in [2.75, 3.05) is 12.0 Å². The molecule has 0 unspecified atom stereocenters. The average molecular weight is 444 g/mol. The summed E-state index contributed by atoms with van der Waals surface area (Å²) in [6.07, 6.45) is 0. The maximum Gasteiger partial charge on any atom is 0.339 e. The van der Waals surface area contributed by atoms with Crippen LogP contribution in [-0.2, 0) is 19.2 Å². The molecule has 2 amide bonds. The molecular weight excluding hydrogens is 426 g/mol. The number of hydrogen-bond donors (Lipinski definition) is 0. The zero-order valence-electron chi connectivity index (χ0n) is 17.1. The highest BCUT2D eigenvalue weighted by molar-refractivity contribution is 6.34. The Kier molecular flexibility index (Phi) is 3.93. The fourth-order valence-electron chi connectivity index (χ4n) is 5.87. The van der Waals surface area contributed by atoms with E-state index in [0.717, 1.165) is 27.2 Å². The van der Waals surface area contributed by atoms with Crippen LogP contribution in [0.4, 0.5) is 5.69 Å². The fraction of sp³-hybridized carbons (Fsp3) is 0.192. The Labute approximate surface area is 189 Å². The van der Waals surface area contributed by atoms with Crippen LogP contribution in [0.25, 0.3) is 0 Å². The molecule has 2 atom stereocenters. The van der Waals surface area contributed by atoms with Crippen LogP contribution in [0, 0.1) is 11.8 Å². The summed E-state index contributed by atoms with van der Waals surface area (Å²) in [7, 11) is 1.27. The van der Waals surface area contributed by atoms with Gasteiger partial charge in [0.05, 0.1) is 30.2 Å². The van der Waals surface area contributed by atoms with Gasteiger partial charge in [0.25, 0.3) is 0 Å². The van der Waals surface area contributed by atoms with E-state index in [2.05, 4.69) is 0 Å². The highest BCUT2D eigenvalue weighted by Gasteiger charge is 2.68. The molecule has 158 valence electrons. The Balaban J connectivity index is 1.60. The third-order valence-corrected chi connectivity index (χ3v) is 7.71. The van der Waals surface area contributed by atoms with Gasteiger partial charge in [-0.25, -0.2) is 9.69 Å². The zero-order valence-corrected chi connectivity index (χ0v) is 17.9. The van der Waals surface area contributed by atoms with Gasteiger partial charge in [0, 0.05) is 5.92 Å². The van der Waals surface area contributed by atoms with Crippen molar-refractivity contribution >= 4 is 35.1 Å². The van der Waals surface area contributed by atoms with Gasteiger partial charge in [-0.2, -0.15) is 0 Å². The molecule has 0 spiro atoms. The smallest absolute Gasteiger partial charge is 0.339 e. The first-order chi connectivity index (χ1) is 15.5. The number of nitrogens with zero attached hydrogens (tertiary/aromatic N) is 1. The van der Waals surface area contributed by atoms with Crippen molar-refractivity contribution in [1.82, 2.24) is 0 Å². The van der Waals surface area contributed by atoms with Crippen LogP contribution in [0.5, 0.6) is 0 Å². The number of ether oxygens (including phenoxy) is 1. The first-order valence-corrected chi connectivity index (χ1v) is 10.8. The first kappa shape index (κ1) is 19.3. The molecule has 3 aliphatic carbocycles. The lowest BCUT2D eigenvalue weighted by atomic mass is 9.54. The molecular formula is C26H18ClNO4. The van der Waals surface area contributed by atoms with Gasteiger partial charge in [-0.05, 0) is 34.4 Å². The van der Waals surface area contributed by atoms with Crippen LogP contribution in [0.2, 0.25) is 0 Å². The first-order valence-electron chi connectivity index (χ1n) is 10.4. The number of carbonyl (C=O) groups is 3. The van der Waals surface area contributed by atoms with Crippen LogP contribution in [0.1, 0.15) is 38.5 Å². The molecule has 0 N–H and O–H groups in total. The van der Waals surface area contributed by atoms with E-state index in [1.54, 1.807) is 24.3 Å². The van der Waals surface area contributed by atoms with Crippen LogP contribution in [-0.4, -0.2) is 24.9 Å². The number of esters is 1. The quantitative estimate of drug-likeness (QED) is 0.338. The van der Waals surface area contributed by atoms with Gasteiger partial charge in [-0.1, -0.05) is 60.7 Å². The Morgan fingerprint density at radius 2 is 1.44 bits per heavy atom. The molecule has 32 heavy (non-hydrogen) atoms. The van der Waals surface area contributed by atoms with E-state index in [4.69, 9.17) is 16.3 Å². The van der Waals surface area contributed by atoms with E-state index in [1.807, 2.05) is 48.5 Å². The predicted octanol–water partition coefficient (Wildman–Crippen LogP) is 4.22. The Morgan fingerprint density at radius 3 is 2.06 bits per heavy atom. The molecule has 0 radical (unpaired) electrons. The summed E-state index contributed by atoms with van der Waals surface area (Å²) in [4.78, 5) is 40.1. The number of carbonyl (C=O) groups excluding carboxylic acids is 3. The second-order valence-corrected chi connectivity index (χ2v) is 8.98. The molecule has 3 aromatic carbocycles. The monoisotopic (exact) mass is 443 g/mol. The SMILES string of the molecule is COC(=O)c1ccccc1N1C(=O)[C@@H]2[C@@H](C1=O)C1c3ccccc3C2(Cl)c2ccccc21. The summed E-state index contributed by atoms with van der Waals surface area (Å²) < 4.78 is 4.89. The predicted molar refractivity (Wildman–Crippen MR) is 119 cm³/mol. The van der Waals surface area contributed by atoms with E-state index < -0.39 is 22.7 Å². The van der Waals surface area contributed by atoms with Crippen molar-refractivity contribution in [1.29, 1.82) is 0 Å². The summed E-state index contributed by atoms with van der Waals surface area (Å²) in [5.41, 5.74) is 4.10. The van der Waals surface area contributed by atoms with E-state index in [-0.39, 0.29) is 29.0 Å². The number of methoxy groups -OCH3 is 1. The van der Waals surface area contributed by atoms with Crippen LogP contribution in [0.15, 0.2) is 72.8 Å². The van der Waals surface area contributed by atoms with Gasteiger partial charge >= 0.3 is 5.97 Å². The topological polar surface area (TPSA) is 63.7 Å². The van der Waals surface area contributed by atoms with Crippen LogP contribution >= 0.6 is 11.6 Å². The summed E-state index contributed by atoms with van der Waals surface area (Å²) in [6.45, 7) is 0. The summed E-state index contributed by atoms with van der Waals surface area (Å²) in [6, 6.07) is 22.1. The van der Waals surface area contributed by atoms with Crippen molar-refractivity contribution in [3.63, 3.8) is 0 Å². The molecule has 7 rings (SSSR count). The summed E-state index contributed by atoms with van der Waals surface area (Å²) >= 11 is 7.41. The van der Waals surface area contributed by atoms with Gasteiger partial charge in [0.2, 0.25) is 11.8 Å². The third-order valence-electron chi connectivity index (χ3n) is 7.06. The highest BCUT2D eigenvalue weighted by Crippen LogP contribution is 2.65. The molecule has 1 aliphatic heterocycles. The fourth-order valence-corrected chi connectivity index (χ4v) is 6.44.